The van der Waals surface area contributed by atoms with Gasteiger partial charge in [0.1, 0.15) is 6.10 Å². The second-order valence-electron chi connectivity index (χ2n) is 10.5. The van der Waals surface area contributed by atoms with E-state index in [-0.39, 0.29) is 23.8 Å². The summed E-state index contributed by atoms with van der Waals surface area (Å²) in [5.74, 6) is 1.47. The lowest BCUT2D eigenvalue weighted by molar-refractivity contribution is 0.0751. The smallest absolute Gasteiger partial charge is 0.257 e. The molecule has 3 atom stereocenters. The molecule has 4 heterocycles. The monoisotopic (exact) mass is 529 g/mol. The van der Waals surface area contributed by atoms with Crippen LogP contribution in [0, 0.1) is 18.8 Å². The van der Waals surface area contributed by atoms with Gasteiger partial charge in [0.15, 0.2) is 0 Å². The van der Waals surface area contributed by atoms with E-state index in [1.807, 2.05) is 62.1 Å². The van der Waals surface area contributed by atoms with Crippen molar-refractivity contribution in [2.45, 2.75) is 32.4 Å². The molecule has 1 saturated heterocycles. The third-order valence-corrected chi connectivity index (χ3v) is 7.48. The molecule has 194 valence electrons. The van der Waals surface area contributed by atoms with Crippen LogP contribution in [0.5, 0.6) is 5.88 Å². The van der Waals surface area contributed by atoms with Gasteiger partial charge in [-0.15, -0.1) is 0 Å². The molecule has 0 radical (unpaired) electrons. The Hall–Kier alpha value is -3.82. The topological polar surface area (TPSA) is 112 Å². The number of benzene rings is 1. The zero-order chi connectivity index (χ0) is 26.6. The minimum atomic E-state index is -0.558. The first-order valence-corrected chi connectivity index (χ1v) is 12.9. The van der Waals surface area contributed by atoms with E-state index >= 15 is 0 Å². The highest BCUT2D eigenvalue weighted by Crippen LogP contribution is 2.48. The molecule has 1 aliphatic carbocycles. The van der Waals surface area contributed by atoms with Crippen molar-refractivity contribution >= 4 is 17.5 Å². The van der Waals surface area contributed by atoms with Crippen molar-refractivity contribution in [1.29, 1.82) is 0 Å². The largest absolute Gasteiger partial charge is 0.474 e. The van der Waals surface area contributed by atoms with Gasteiger partial charge in [-0.25, -0.2) is 19.6 Å². The van der Waals surface area contributed by atoms with E-state index in [0.29, 0.717) is 41.2 Å². The molecule has 2 aliphatic rings. The highest BCUT2D eigenvalue weighted by molar-refractivity contribution is 6.30. The zero-order valence-corrected chi connectivity index (χ0v) is 22.1. The molecule has 3 aromatic heterocycles. The molecule has 1 saturated carbocycles. The van der Waals surface area contributed by atoms with Crippen molar-refractivity contribution in [3.8, 4) is 23.1 Å². The number of hydrogen-bond acceptors (Lipinski definition) is 7. The Bertz CT molecular complexity index is 1490. The van der Waals surface area contributed by atoms with Crippen LogP contribution in [-0.2, 0) is 5.54 Å². The van der Waals surface area contributed by atoms with Gasteiger partial charge in [-0.3, -0.25) is 4.79 Å². The predicted molar refractivity (Wildman–Crippen MR) is 143 cm³/mol. The number of ether oxygens (including phenoxy) is 1. The average Bonchev–Trinajstić information content (AvgIpc) is 3.22. The van der Waals surface area contributed by atoms with E-state index in [4.69, 9.17) is 27.1 Å². The number of carbonyl (C=O) groups excluding carboxylic acids is 1. The molecule has 0 bridgehead atoms. The number of pyridine rings is 1. The van der Waals surface area contributed by atoms with Crippen molar-refractivity contribution in [2.24, 2.45) is 17.6 Å². The van der Waals surface area contributed by atoms with Crippen molar-refractivity contribution in [3.63, 3.8) is 0 Å². The third kappa shape index (κ3) is 4.63. The Morgan fingerprint density at radius 3 is 2.45 bits per heavy atom. The van der Waals surface area contributed by atoms with Crippen LogP contribution >= 0.6 is 11.6 Å². The van der Waals surface area contributed by atoms with Gasteiger partial charge < -0.3 is 15.4 Å². The summed E-state index contributed by atoms with van der Waals surface area (Å²) in [6.45, 7) is 7.01. The van der Waals surface area contributed by atoms with E-state index in [2.05, 4.69) is 15.1 Å². The molecule has 2 N–H and O–H groups in total. The van der Waals surface area contributed by atoms with Crippen LogP contribution in [0.1, 0.15) is 35.5 Å². The lowest BCUT2D eigenvalue weighted by atomic mass is 9.95. The molecule has 1 aliphatic heterocycles. The lowest BCUT2D eigenvalue weighted by Gasteiger charge is -2.22. The number of rotatable bonds is 6. The highest BCUT2D eigenvalue weighted by atomic mass is 35.5. The van der Waals surface area contributed by atoms with Gasteiger partial charge >= 0.3 is 0 Å². The summed E-state index contributed by atoms with van der Waals surface area (Å²) in [5, 5.41) is 5.10. The number of likely N-dealkylation sites (tertiary alicyclic amines) is 1. The summed E-state index contributed by atoms with van der Waals surface area (Å²) in [5.41, 5.74) is 9.74. The summed E-state index contributed by atoms with van der Waals surface area (Å²) in [6, 6.07) is 13.2. The van der Waals surface area contributed by atoms with Crippen LogP contribution in [0.25, 0.3) is 17.2 Å². The summed E-state index contributed by atoms with van der Waals surface area (Å²) >= 11 is 6.07. The van der Waals surface area contributed by atoms with Crippen molar-refractivity contribution in [1.82, 2.24) is 29.6 Å². The van der Waals surface area contributed by atoms with Gasteiger partial charge in [-0.2, -0.15) is 5.10 Å². The van der Waals surface area contributed by atoms with Crippen molar-refractivity contribution < 1.29 is 9.53 Å². The van der Waals surface area contributed by atoms with Gasteiger partial charge in [0.25, 0.3) is 5.91 Å². The molecule has 4 aromatic rings. The maximum absolute atomic E-state index is 13.3. The summed E-state index contributed by atoms with van der Waals surface area (Å²) in [6.07, 6.45) is 5.01. The predicted octanol–water partition coefficient (Wildman–Crippen LogP) is 4.03. The second kappa shape index (κ2) is 9.18. The van der Waals surface area contributed by atoms with Gasteiger partial charge in [0.2, 0.25) is 11.8 Å². The second-order valence-corrected chi connectivity index (χ2v) is 11.0. The summed E-state index contributed by atoms with van der Waals surface area (Å²) < 4.78 is 7.91. The van der Waals surface area contributed by atoms with Crippen LogP contribution in [0.15, 0.2) is 61.1 Å². The molecular weight excluding hydrogens is 502 g/mol. The number of hydrogen-bond donors (Lipinski definition) is 1. The van der Waals surface area contributed by atoms with E-state index in [9.17, 15) is 4.79 Å². The van der Waals surface area contributed by atoms with Crippen LogP contribution in [0.4, 0.5) is 0 Å². The van der Waals surface area contributed by atoms with Crippen LogP contribution in [0.2, 0.25) is 5.02 Å². The minimum Gasteiger partial charge on any atom is -0.474 e. The maximum atomic E-state index is 13.3. The van der Waals surface area contributed by atoms with Crippen molar-refractivity contribution in [3.05, 3.63) is 82.9 Å². The fourth-order valence-corrected chi connectivity index (χ4v) is 5.14. The zero-order valence-electron chi connectivity index (χ0n) is 21.4. The van der Waals surface area contributed by atoms with E-state index in [1.54, 1.807) is 29.3 Å². The first-order valence-electron chi connectivity index (χ1n) is 12.5. The number of nitrogens with zero attached hydrogens (tertiary/aromatic N) is 6. The fourth-order valence-electron chi connectivity index (χ4n) is 5.01. The van der Waals surface area contributed by atoms with Crippen LogP contribution in [0.3, 0.4) is 0 Å². The number of fused-ring (bicyclic) bond motifs is 1. The number of piperidine rings is 1. The lowest BCUT2D eigenvalue weighted by Crippen LogP contribution is -2.33. The third-order valence-electron chi connectivity index (χ3n) is 7.23. The first-order chi connectivity index (χ1) is 18.2. The molecule has 0 spiro atoms. The van der Waals surface area contributed by atoms with E-state index < -0.39 is 5.54 Å². The highest BCUT2D eigenvalue weighted by Gasteiger charge is 2.59. The van der Waals surface area contributed by atoms with Gasteiger partial charge in [0.05, 0.1) is 17.0 Å². The molecule has 10 heteroatoms. The van der Waals surface area contributed by atoms with E-state index in [1.165, 1.54) is 0 Å². The molecule has 6 rings (SSSR count). The molecule has 0 unspecified atom stereocenters. The molecule has 38 heavy (non-hydrogen) atoms. The Morgan fingerprint density at radius 1 is 1.11 bits per heavy atom. The van der Waals surface area contributed by atoms with Gasteiger partial charge in [-0.05, 0) is 50.6 Å². The van der Waals surface area contributed by atoms with Crippen LogP contribution < -0.4 is 10.5 Å². The Balaban J connectivity index is 1.16. The number of amides is 1. The number of nitrogens with two attached hydrogens (primary N) is 1. The minimum absolute atomic E-state index is 0.0160. The molecular formula is C28H28ClN7O2. The molecule has 9 nitrogen and oxygen atoms in total. The fraction of sp³-hybridized carbons (Fsp3) is 0.321. The normalized spacial score (nSPS) is 20.3. The van der Waals surface area contributed by atoms with Crippen LogP contribution in [-0.4, -0.2) is 54.7 Å². The Kier molecular flexibility index (Phi) is 5.92. The Labute approximate surface area is 225 Å². The number of carbonyl (C=O) groups is 1. The standard InChI is InChI=1S/C28H28ClN7O2/c1-16-20(15-36(34-16)27-31-9-4-10-32-27)26(37)35-13-21-22(14-35)25(21)38-24-12-18(28(2,3)30)11-23(33-24)17-5-7-19(29)8-6-17/h4-12,15,21-22,25H,13-14,30H2,1-3H3/t21-,22+,25-. The quantitative estimate of drug-likeness (QED) is 0.401. The summed E-state index contributed by atoms with van der Waals surface area (Å²) in [4.78, 5) is 28.3. The Morgan fingerprint density at radius 2 is 1.79 bits per heavy atom. The van der Waals surface area contributed by atoms with Crippen molar-refractivity contribution in [2.75, 3.05) is 13.1 Å². The SMILES string of the molecule is Cc1nn(-c2ncccn2)cc1C(=O)N1C[C@@H]2[C@H](C1)[C@@H]2Oc1cc(C(C)(C)N)cc(-c2ccc(Cl)cc2)n1. The van der Waals surface area contributed by atoms with Gasteiger partial charge in [-0.1, -0.05) is 23.7 Å². The summed E-state index contributed by atoms with van der Waals surface area (Å²) in [7, 11) is 0. The molecule has 1 aromatic carbocycles. The number of aromatic nitrogens is 5. The molecule has 2 fully saturated rings. The maximum Gasteiger partial charge on any atom is 0.257 e. The van der Waals surface area contributed by atoms with E-state index in [0.717, 1.165) is 16.8 Å². The first kappa shape index (κ1) is 24.5. The molecule has 1 amide bonds. The number of halogens is 1. The average molecular weight is 530 g/mol. The van der Waals surface area contributed by atoms with Gasteiger partial charge in [0, 0.05) is 65.7 Å². The number of aryl methyl sites for hydroxylation is 1.